The topological polar surface area (TPSA) is 53.7 Å². The Morgan fingerprint density at radius 2 is 1.85 bits per heavy atom. The van der Waals surface area contributed by atoms with Gasteiger partial charge in [-0.05, 0) is 12.5 Å². The van der Waals surface area contributed by atoms with Gasteiger partial charge in [-0.3, -0.25) is 0 Å². The first-order valence-electron chi connectivity index (χ1n) is 6.89. The van der Waals surface area contributed by atoms with E-state index in [1.54, 1.807) is 7.11 Å². The van der Waals surface area contributed by atoms with Crippen molar-refractivity contribution in [2.75, 3.05) is 33.5 Å². The van der Waals surface area contributed by atoms with Gasteiger partial charge in [0.25, 0.3) is 0 Å². The highest BCUT2D eigenvalue weighted by Crippen LogP contribution is 2.28. The van der Waals surface area contributed by atoms with Crippen molar-refractivity contribution in [3.8, 4) is 0 Å². The second kappa shape index (κ2) is 10.1. The SMILES string of the molecule is CCC(N)C(OCCOCCOC)c1ccccc1Cl. The summed E-state index contributed by atoms with van der Waals surface area (Å²) in [4.78, 5) is 0. The Labute approximate surface area is 126 Å². The highest BCUT2D eigenvalue weighted by Gasteiger charge is 2.21. The van der Waals surface area contributed by atoms with Gasteiger partial charge in [-0.2, -0.15) is 0 Å². The molecule has 0 saturated carbocycles. The van der Waals surface area contributed by atoms with Crippen LogP contribution >= 0.6 is 11.6 Å². The minimum absolute atomic E-state index is 0.0890. The molecule has 0 heterocycles. The molecule has 5 heteroatoms. The predicted molar refractivity (Wildman–Crippen MR) is 81.1 cm³/mol. The molecule has 0 aliphatic carbocycles. The molecule has 20 heavy (non-hydrogen) atoms. The Balaban J connectivity index is 2.51. The normalized spacial score (nSPS) is 14.2. The molecule has 1 rings (SSSR count). The van der Waals surface area contributed by atoms with E-state index < -0.39 is 0 Å². The Bertz CT molecular complexity index is 376. The third-order valence-corrected chi connectivity index (χ3v) is 3.37. The summed E-state index contributed by atoms with van der Waals surface area (Å²) in [6, 6.07) is 7.55. The summed E-state index contributed by atoms with van der Waals surface area (Å²) in [6.07, 6.45) is 0.611. The van der Waals surface area contributed by atoms with E-state index in [-0.39, 0.29) is 12.1 Å². The maximum Gasteiger partial charge on any atom is 0.0991 e. The zero-order valence-corrected chi connectivity index (χ0v) is 12.9. The van der Waals surface area contributed by atoms with E-state index in [1.165, 1.54) is 0 Å². The maximum absolute atomic E-state index is 6.22. The van der Waals surface area contributed by atoms with Gasteiger partial charge in [0, 0.05) is 23.7 Å². The van der Waals surface area contributed by atoms with Gasteiger partial charge in [-0.25, -0.2) is 0 Å². The predicted octanol–water partition coefficient (Wildman–Crippen LogP) is 2.80. The van der Waals surface area contributed by atoms with E-state index in [2.05, 4.69) is 0 Å². The average molecular weight is 302 g/mol. The maximum atomic E-state index is 6.22. The third-order valence-electron chi connectivity index (χ3n) is 3.03. The van der Waals surface area contributed by atoms with Crippen molar-refractivity contribution < 1.29 is 14.2 Å². The fourth-order valence-electron chi connectivity index (χ4n) is 1.84. The van der Waals surface area contributed by atoms with E-state index in [4.69, 9.17) is 31.5 Å². The number of nitrogens with two attached hydrogens (primary N) is 1. The molecule has 0 aliphatic rings. The molecule has 1 aromatic rings. The molecule has 1 aromatic carbocycles. The summed E-state index contributed by atoms with van der Waals surface area (Å²) in [5.41, 5.74) is 7.07. The van der Waals surface area contributed by atoms with E-state index in [0.717, 1.165) is 12.0 Å². The second-order valence-corrected chi connectivity index (χ2v) is 4.90. The average Bonchev–Trinajstić information content (AvgIpc) is 2.47. The largest absolute Gasteiger partial charge is 0.382 e. The molecule has 0 bridgehead atoms. The van der Waals surface area contributed by atoms with Crippen LogP contribution in [-0.4, -0.2) is 39.6 Å². The van der Waals surface area contributed by atoms with Crippen molar-refractivity contribution in [2.24, 2.45) is 5.73 Å². The molecule has 0 fully saturated rings. The molecule has 0 aromatic heterocycles. The molecule has 4 nitrogen and oxygen atoms in total. The van der Waals surface area contributed by atoms with E-state index in [9.17, 15) is 0 Å². The van der Waals surface area contributed by atoms with Crippen LogP contribution in [0.1, 0.15) is 25.0 Å². The van der Waals surface area contributed by atoms with Crippen LogP contribution in [0.5, 0.6) is 0 Å². The van der Waals surface area contributed by atoms with Gasteiger partial charge in [0.2, 0.25) is 0 Å². The van der Waals surface area contributed by atoms with Gasteiger partial charge in [0.1, 0.15) is 0 Å². The zero-order valence-electron chi connectivity index (χ0n) is 12.2. The highest BCUT2D eigenvalue weighted by atomic mass is 35.5. The molecular formula is C15H24ClNO3. The first-order valence-corrected chi connectivity index (χ1v) is 7.26. The molecule has 0 spiro atoms. The Morgan fingerprint density at radius 1 is 1.15 bits per heavy atom. The van der Waals surface area contributed by atoms with Crippen LogP contribution < -0.4 is 5.73 Å². The molecular weight excluding hydrogens is 278 g/mol. The Kier molecular flexibility index (Phi) is 8.82. The lowest BCUT2D eigenvalue weighted by atomic mass is 10.0. The van der Waals surface area contributed by atoms with Crippen LogP contribution in [0.25, 0.3) is 0 Å². The Hall–Kier alpha value is -0.650. The smallest absolute Gasteiger partial charge is 0.0991 e. The van der Waals surface area contributed by atoms with Gasteiger partial charge in [0.15, 0.2) is 0 Å². The number of ether oxygens (including phenoxy) is 3. The number of hydrogen-bond acceptors (Lipinski definition) is 4. The summed E-state index contributed by atoms with van der Waals surface area (Å²) in [7, 11) is 1.65. The first kappa shape index (κ1) is 17.4. The molecule has 2 unspecified atom stereocenters. The van der Waals surface area contributed by atoms with E-state index in [0.29, 0.717) is 31.5 Å². The minimum Gasteiger partial charge on any atom is -0.382 e. The molecule has 0 radical (unpaired) electrons. The van der Waals surface area contributed by atoms with Crippen LogP contribution in [0, 0.1) is 0 Å². The van der Waals surface area contributed by atoms with E-state index >= 15 is 0 Å². The summed E-state index contributed by atoms with van der Waals surface area (Å²) in [5, 5.41) is 0.682. The van der Waals surface area contributed by atoms with Gasteiger partial charge in [-0.15, -0.1) is 0 Å². The van der Waals surface area contributed by atoms with Crippen LogP contribution in [0.4, 0.5) is 0 Å². The molecule has 2 atom stereocenters. The Morgan fingerprint density at radius 3 is 2.50 bits per heavy atom. The summed E-state index contributed by atoms with van der Waals surface area (Å²) < 4.78 is 16.2. The van der Waals surface area contributed by atoms with Crippen LogP contribution in [0.15, 0.2) is 24.3 Å². The monoisotopic (exact) mass is 301 g/mol. The fourth-order valence-corrected chi connectivity index (χ4v) is 2.09. The third kappa shape index (κ3) is 5.77. The van der Waals surface area contributed by atoms with Crippen LogP contribution in [-0.2, 0) is 14.2 Å². The number of benzene rings is 1. The van der Waals surface area contributed by atoms with Crippen molar-refractivity contribution in [1.29, 1.82) is 0 Å². The summed E-state index contributed by atoms with van der Waals surface area (Å²) in [5.74, 6) is 0. The lowest BCUT2D eigenvalue weighted by Gasteiger charge is -2.24. The number of hydrogen-bond donors (Lipinski definition) is 1. The second-order valence-electron chi connectivity index (χ2n) is 4.49. The minimum atomic E-state index is -0.209. The van der Waals surface area contributed by atoms with Crippen molar-refractivity contribution >= 4 is 11.6 Å². The molecule has 0 aliphatic heterocycles. The summed E-state index contributed by atoms with van der Waals surface area (Å²) in [6.45, 7) is 4.18. The van der Waals surface area contributed by atoms with Crippen molar-refractivity contribution in [2.45, 2.75) is 25.5 Å². The van der Waals surface area contributed by atoms with Crippen molar-refractivity contribution in [1.82, 2.24) is 0 Å². The molecule has 114 valence electrons. The lowest BCUT2D eigenvalue weighted by molar-refractivity contribution is -0.0165. The van der Waals surface area contributed by atoms with Crippen molar-refractivity contribution in [3.63, 3.8) is 0 Å². The zero-order chi connectivity index (χ0) is 14.8. The first-order chi connectivity index (χ1) is 9.70. The van der Waals surface area contributed by atoms with E-state index in [1.807, 2.05) is 31.2 Å². The summed E-state index contributed by atoms with van der Waals surface area (Å²) >= 11 is 6.22. The number of rotatable bonds is 10. The van der Waals surface area contributed by atoms with Gasteiger partial charge < -0.3 is 19.9 Å². The van der Waals surface area contributed by atoms with Crippen LogP contribution in [0.3, 0.4) is 0 Å². The molecule has 0 amide bonds. The highest BCUT2D eigenvalue weighted by molar-refractivity contribution is 6.31. The van der Waals surface area contributed by atoms with Gasteiger partial charge in [-0.1, -0.05) is 36.7 Å². The quantitative estimate of drug-likeness (QED) is 0.675. The lowest BCUT2D eigenvalue weighted by Crippen LogP contribution is -2.30. The van der Waals surface area contributed by atoms with Crippen LogP contribution in [0.2, 0.25) is 5.02 Å². The number of methoxy groups -OCH3 is 1. The number of halogens is 1. The fraction of sp³-hybridized carbons (Fsp3) is 0.600. The standard InChI is InChI=1S/C15H24ClNO3/c1-3-14(17)15(12-6-4-5-7-13(12)16)20-11-10-19-9-8-18-2/h4-7,14-15H,3,8-11,17H2,1-2H3. The molecule has 2 N–H and O–H groups in total. The van der Waals surface area contributed by atoms with Gasteiger partial charge >= 0.3 is 0 Å². The molecule has 0 saturated heterocycles. The van der Waals surface area contributed by atoms with Crippen molar-refractivity contribution in [3.05, 3.63) is 34.9 Å². The van der Waals surface area contributed by atoms with Gasteiger partial charge in [0.05, 0.1) is 32.5 Å².